The summed E-state index contributed by atoms with van der Waals surface area (Å²) in [5, 5.41) is 0. The summed E-state index contributed by atoms with van der Waals surface area (Å²) in [7, 11) is 0. The van der Waals surface area contributed by atoms with E-state index in [-0.39, 0.29) is 12.0 Å². The van der Waals surface area contributed by atoms with Crippen LogP contribution in [0.3, 0.4) is 0 Å². The molecule has 1 atom stereocenters. The van der Waals surface area contributed by atoms with Crippen LogP contribution < -0.4 is 9.64 Å². The molecule has 0 radical (unpaired) electrons. The van der Waals surface area contributed by atoms with Gasteiger partial charge in [-0.25, -0.2) is 4.98 Å². The van der Waals surface area contributed by atoms with Crippen molar-refractivity contribution in [2.75, 3.05) is 31.1 Å². The van der Waals surface area contributed by atoms with Crippen LogP contribution >= 0.6 is 0 Å². The van der Waals surface area contributed by atoms with Gasteiger partial charge in [0.15, 0.2) is 11.6 Å². The second-order valence-electron chi connectivity index (χ2n) is 7.21. The first-order valence-electron chi connectivity index (χ1n) is 9.84. The van der Waals surface area contributed by atoms with E-state index in [9.17, 15) is 4.79 Å². The summed E-state index contributed by atoms with van der Waals surface area (Å²) in [6, 6.07) is 9.72. The first-order valence-corrected chi connectivity index (χ1v) is 9.84. The average Bonchev–Trinajstić information content (AvgIpc) is 3.40. The monoisotopic (exact) mass is 366 g/mol. The van der Waals surface area contributed by atoms with Crippen molar-refractivity contribution in [3.63, 3.8) is 0 Å². The minimum atomic E-state index is 0.0364. The Balaban J connectivity index is 1.31. The molecule has 0 saturated carbocycles. The molecule has 0 aliphatic carbocycles. The largest absolute Gasteiger partial charge is 0.485 e. The van der Waals surface area contributed by atoms with Crippen molar-refractivity contribution in [1.29, 1.82) is 0 Å². The Kier molecular flexibility index (Phi) is 5.51. The molecule has 0 aromatic carbocycles. The fourth-order valence-electron chi connectivity index (χ4n) is 3.81. The number of likely N-dealkylation sites (tertiary alicyclic amines) is 1. The van der Waals surface area contributed by atoms with Crippen molar-refractivity contribution in [2.24, 2.45) is 0 Å². The Hall–Kier alpha value is -2.63. The molecule has 4 rings (SSSR count). The van der Waals surface area contributed by atoms with Crippen molar-refractivity contribution in [3.8, 4) is 5.75 Å². The lowest BCUT2D eigenvalue weighted by Gasteiger charge is -2.22. The van der Waals surface area contributed by atoms with Gasteiger partial charge in [-0.3, -0.25) is 9.78 Å². The molecule has 4 heterocycles. The molecule has 2 aromatic rings. The van der Waals surface area contributed by atoms with E-state index in [2.05, 4.69) is 14.9 Å². The second-order valence-corrected chi connectivity index (χ2v) is 7.21. The smallest absolute Gasteiger partial charge is 0.223 e. The van der Waals surface area contributed by atoms with Gasteiger partial charge in [-0.2, -0.15) is 0 Å². The second kappa shape index (κ2) is 8.37. The first kappa shape index (κ1) is 17.8. The molecule has 0 unspecified atom stereocenters. The minimum Gasteiger partial charge on any atom is -0.485 e. The SMILES string of the molecule is O=C(CCc1ccccn1)N1CC[C@@H](Oc2cccnc2N2CCCC2)C1. The zero-order valence-corrected chi connectivity index (χ0v) is 15.6. The third-order valence-corrected chi connectivity index (χ3v) is 5.27. The van der Waals surface area contributed by atoms with Crippen LogP contribution in [0.25, 0.3) is 0 Å². The third kappa shape index (κ3) is 4.38. The Bertz CT molecular complexity index is 762. The maximum atomic E-state index is 12.5. The van der Waals surface area contributed by atoms with Crippen molar-refractivity contribution in [1.82, 2.24) is 14.9 Å². The number of hydrogen-bond acceptors (Lipinski definition) is 5. The molecule has 2 saturated heterocycles. The Labute approximate surface area is 160 Å². The number of amides is 1. The zero-order chi connectivity index (χ0) is 18.5. The molecule has 2 fully saturated rings. The Morgan fingerprint density at radius 1 is 1.07 bits per heavy atom. The molecule has 142 valence electrons. The molecule has 6 heteroatoms. The summed E-state index contributed by atoms with van der Waals surface area (Å²) in [5.41, 5.74) is 0.962. The molecule has 2 aromatic heterocycles. The summed E-state index contributed by atoms with van der Waals surface area (Å²) in [6.07, 6.45) is 8.08. The van der Waals surface area contributed by atoms with Gasteiger partial charge in [-0.05, 0) is 43.5 Å². The van der Waals surface area contributed by atoms with E-state index in [1.54, 1.807) is 6.20 Å². The van der Waals surface area contributed by atoms with E-state index in [1.807, 2.05) is 41.4 Å². The molecule has 2 aliphatic heterocycles. The van der Waals surface area contributed by atoms with E-state index in [4.69, 9.17) is 4.74 Å². The highest BCUT2D eigenvalue weighted by atomic mass is 16.5. The highest BCUT2D eigenvalue weighted by Gasteiger charge is 2.28. The van der Waals surface area contributed by atoms with Gasteiger partial charge in [0.05, 0.1) is 6.54 Å². The number of aromatic nitrogens is 2. The third-order valence-electron chi connectivity index (χ3n) is 5.27. The van der Waals surface area contributed by atoms with Crippen molar-refractivity contribution < 1.29 is 9.53 Å². The Morgan fingerprint density at radius 2 is 1.93 bits per heavy atom. The molecular weight excluding hydrogens is 340 g/mol. The van der Waals surface area contributed by atoms with E-state index >= 15 is 0 Å². The number of nitrogens with zero attached hydrogens (tertiary/aromatic N) is 4. The fraction of sp³-hybridized carbons (Fsp3) is 0.476. The van der Waals surface area contributed by atoms with E-state index in [0.29, 0.717) is 19.4 Å². The number of carbonyl (C=O) groups excluding carboxylic acids is 1. The number of aryl methyl sites for hydroxylation is 1. The summed E-state index contributed by atoms with van der Waals surface area (Å²) in [4.78, 5) is 25.5. The van der Waals surface area contributed by atoms with Gasteiger partial charge in [-0.1, -0.05) is 6.07 Å². The quantitative estimate of drug-likeness (QED) is 0.787. The maximum absolute atomic E-state index is 12.5. The topological polar surface area (TPSA) is 58.6 Å². The van der Waals surface area contributed by atoms with Crippen LogP contribution in [0.4, 0.5) is 5.82 Å². The lowest BCUT2D eigenvalue weighted by molar-refractivity contribution is -0.130. The van der Waals surface area contributed by atoms with Gasteiger partial charge in [0.2, 0.25) is 5.91 Å². The number of ether oxygens (including phenoxy) is 1. The summed E-state index contributed by atoms with van der Waals surface area (Å²) in [5.74, 6) is 1.96. The minimum absolute atomic E-state index is 0.0364. The molecule has 0 spiro atoms. The molecule has 0 bridgehead atoms. The van der Waals surface area contributed by atoms with Crippen LogP contribution in [-0.4, -0.2) is 53.1 Å². The van der Waals surface area contributed by atoms with Crippen LogP contribution in [0.2, 0.25) is 0 Å². The normalized spacial score (nSPS) is 19.5. The molecule has 1 amide bonds. The molecule has 0 N–H and O–H groups in total. The zero-order valence-electron chi connectivity index (χ0n) is 15.6. The lowest BCUT2D eigenvalue weighted by atomic mass is 10.2. The number of carbonyl (C=O) groups is 1. The van der Waals surface area contributed by atoms with E-state index < -0.39 is 0 Å². The van der Waals surface area contributed by atoms with Crippen LogP contribution in [0.1, 0.15) is 31.4 Å². The summed E-state index contributed by atoms with van der Waals surface area (Å²) < 4.78 is 6.25. The Morgan fingerprint density at radius 3 is 2.74 bits per heavy atom. The number of hydrogen-bond donors (Lipinski definition) is 0. The molecular formula is C21H26N4O2. The average molecular weight is 366 g/mol. The van der Waals surface area contributed by atoms with Crippen LogP contribution in [0, 0.1) is 0 Å². The van der Waals surface area contributed by atoms with Gasteiger partial charge in [-0.15, -0.1) is 0 Å². The van der Waals surface area contributed by atoms with E-state index in [0.717, 1.165) is 43.3 Å². The maximum Gasteiger partial charge on any atom is 0.223 e. The summed E-state index contributed by atoms with van der Waals surface area (Å²) >= 11 is 0. The standard InChI is InChI=1S/C21H26N4O2/c26-20(9-8-17-6-1-2-11-22-17)25-15-10-18(16-25)27-19-7-5-12-23-21(19)24-13-3-4-14-24/h1-2,5-7,11-12,18H,3-4,8-10,13-16H2/t18-/m1/s1. The van der Waals surface area contributed by atoms with Crippen LogP contribution in [-0.2, 0) is 11.2 Å². The van der Waals surface area contributed by atoms with Crippen molar-refractivity contribution >= 4 is 11.7 Å². The van der Waals surface area contributed by atoms with Gasteiger partial charge >= 0.3 is 0 Å². The van der Waals surface area contributed by atoms with Gasteiger partial charge in [0.1, 0.15) is 6.10 Å². The van der Waals surface area contributed by atoms with Gasteiger partial charge < -0.3 is 14.5 Å². The summed E-state index contributed by atoms with van der Waals surface area (Å²) in [6.45, 7) is 3.48. The number of rotatable bonds is 6. The molecule has 6 nitrogen and oxygen atoms in total. The van der Waals surface area contributed by atoms with Crippen LogP contribution in [0.15, 0.2) is 42.7 Å². The molecule has 2 aliphatic rings. The fourth-order valence-corrected chi connectivity index (χ4v) is 3.81. The predicted octanol–water partition coefficient (Wildman–Crippen LogP) is 2.69. The highest BCUT2D eigenvalue weighted by Crippen LogP contribution is 2.30. The van der Waals surface area contributed by atoms with Crippen molar-refractivity contribution in [3.05, 3.63) is 48.4 Å². The number of anilines is 1. The predicted molar refractivity (Wildman–Crippen MR) is 104 cm³/mol. The lowest BCUT2D eigenvalue weighted by Crippen LogP contribution is -2.31. The molecule has 27 heavy (non-hydrogen) atoms. The highest BCUT2D eigenvalue weighted by molar-refractivity contribution is 5.76. The van der Waals surface area contributed by atoms with Crippen molar-refractivity contribution in [2.45, 2.75) is 38.2 Å². The van der Waals surface area contributed by atoms with Gasteiger partial charge in [0.25, 0.3) is 0 Å². The number of pyridine rings is 2. The first-order chi connectivity index (χ1) is 13.3. The van der Waals surface area contributed by atoms with E-state index in [1.165, 1.54) is 12.8 Å². The van der Waals surface area contributed by atoms with Crippen LogP contribution in [0.5, 0.6) is 5.75 Å². The van der Waals surface area contributed by atoms with Gasteiger partial charge in [0, 0.05) is 50.6 Å².